The second-order valence-electron chi connectivity index (χ2n) is 3.93. The smallest absolute Gasteiger partial charge is 0.210 e. The van der Waals surface area contributed by atoms with Gasteiger partial charge in [-0.25, -0.2) is 4.98 Å². The highest BCUT2D eigenvalue weighted by molar-refractivity contribution is 6.20. The van der Waals surface area contributed by atoms with Crippen LogP contribution in [0.25, 0.3) is 0 Å². The summed E-state index contributed by atoms with van der Waals surface area (Å²) < 4.78 is 5.09. The fourth-order valence-corrected chi connectivity index (χ4v) is 1.80. The Kier molecular flexibility index (Phi) is 4.84. The van der Waals surface area contributed by atoms with E-state index in [1.165, 1.54) is 12.4 Å². The molecule has 0 saturated carbocycles. The van der Waals surface area contributed by atoms with Crippen LogP contribution in [0.3, 0.4) is 0 Å². The number of hydrogen-bond acceptors (Lipinski definition) is 6. The number of alkyl halides is 1. The molecule has 0 fully saturated rings. The van der Waals surface area contributed by atoms with E-state index in [0.29, 0.717) is 18.1 Å². The number of aromatic nitrogens is 2. The van der Waals surface area contributed by atoms with Crippen molar-refractivity contribution in [1.29, 1.82) is 0 Å². The van der Waals surface area contributed by atoms with E-state index in [2.05, 4.69) is 20.5 Å². The molecular formula is C13H13ClN4O2. The lowest BCUT2D eigenvalue weighted by Gasteiger charge is -2.10. The number of rotatable bonds is 6. The van der Waals surface area contributed by atoms with Gasteiger partial charge < -0.3 is 10.1 Å². The van der Waals surface area contributed by atoms with Crippen molar-refractivity contribution in [2.75, 3.05) is 12.4 Å². The summed E-state index contributed by atoms with van der Waals surface area (Å²) in [6, 6.07) is 7.59. The van der Waals surface area contributed by atoms with Gasteiger partial charge in [0, 0.05) is 18.9 Å². The van der Waals surface area contributed by atoms with Gasteiger partial charge in [0.05, 0.1) is 7.11 Å². The van der Waals surface area contributed by atoms with Crippen LogP contribution in [0.4, 0.5) is 5.82 Å². The average Bonchev–Trinajstić information content (AvgIpc) is 2.53. The van der Waals surface area contributed by atoms with Crippen molar-refractivity contribution in [1.82, 2.24) is 9.97 Å². The second kappa shape index (κ2) is 6.81. The van der Waals surface area contributed by atoms with Crippen LogP contribution >= 0.6 is 11.6 Å². The highest BCUT2D eigenvalue weighted by Crippen LogP contribution is 2.25. The number of ether oxygens (including phenoxy) is 1. The molecule has 0 bridgehead atoms. The molecule has 0 spiro atoms. The molecule has 0 aliphatic carbocycles. The lowest BCUT2D eigenvalue weighted by Crippen LogP contribution is -2.06. The molecule has 104 valence electrons. The van der Waals surface area contributed by atoms with Crippen LogP contribution in [0.5, 0.6) is 5.75 Å². The minimum atomic E-state index is -1.05. The monoisotopic (exact) mass is 292 g/mol. The Morgan fingerprint density at radius 3 is 2.65 bits per heavy atom. The van der Waals surface area contributed by atoms with E-state index >= 15 is 0 Å². The summed E-state index contributed by atoms with van der Waals surface area (Å²) >= 11 is 5.78. The van der Waals surface area contributed by atoms with E-state index in [9.17, 15) is 4.91 Å². The van der Waals surface area contributed by atoms with Gasteiger partial charge in [0.25, 0.3) is 0 Å². The van der Waals surface area contributed by atoms with E-state index in [1.807, 2.05) is 24.3 Å². The molecule has 0 radical (unpaired) electrons. The van der Waals surface area contributed by atoms with Crippen LogP contribution in [0.1, 0.15) is 16.8 Å². The predicted molar refractivity (Wildman–Crippen MR) is 76.7 cm³/mol. The Morgan fingerprint density at radius 2 is 2.00 bits per heavy atom. The summed E-state index contributed by atoms with van der Waals surface area (Å²) in [5, 5.41) is 5.84. The number of nitroso groups, excluding NO2 is 1. The third-order valence-electron chi connectivity index (χ3n) is 2.66. The molecule has 0 amide bonds. The molecule has 1 atom stereocenters. The SMILES string of the molecule is COc1ccc(CNc2nccnc2C(Cl)N=O)cc1. The number of anilines is 1. The first-order valence-electron chi connectivity index (χ1n) is 5.89. The number of benzene rings is 1. The van der Waals surface area contributed by atoms with Crippen molar-refractivity contribution in [3.63, 3.8) is 0 Å². The maximum absolute atomic E-state index is 10.5. The van der Waals surface area contributed by atoms with Gasteiger partial charge in [0.1, 0.15) is 11.4 Å². The Balaban J connectivity index is 2.08. The third-order valence-corrected chi connectivity index (χ3v) is 2.95. The van der Waals surface area contributed by atoms with Crippen molar-refractivity contribution in [2.45, 2.75) is 12.0 Å². The van der Waals surface area contributed by atoms with Gasteiger partial charge >= 0.3 is 0 Å². The topological polar surface area (TPSA) is 76.5 Å². The molecule has 2 rings (SSSR count). The number of halogens is 1. The predicted octanol–water partition coefficient (Wildman–Crippen LogP) is 3.10. The van der Waals surface area contributed by atoms with Crippen LogP contribution in [-0.2, 0) is 6.54 Å². The summed E-state index contributed by atoms with van der Waals surface area (Å²) in [6.07, 6.45) is 2.99. The molecule has 1 aromatic carbocycles. The lowest BCUT2D eigenvalue weighted by atomic mass is 10.2. The Bertz CT molecular complexity index is 577. The zero-order valence-corrected chi connectivity index (χ0v) is 11.5. The van der Waals surface area contributed by atoms with E-state index in [4.69, 9.17) is 16.3 Å². The molecule has 7 heteroatoms. The third kappa shape index (κ3) is 3.42. The number of nitrogens with one attached hydrogen (secondary N) is 1. The first-order chi connectivity index (χ1) is 9.74. The summed E-state index contributed by atoms with van der Waals surface area (Å²) in [5.74, 6) is 1.24. The van der Waals surface area contributed by atoms with E-state index in [-0.39, 0.29) is 0 Å². The van der Waals surface area contributed by atoms with Gasteiger partial charge in [-0.15, -0.1) is 4.91 Å². The molecule has 1 heterocycles. The van der Waals surface area contributed by atoms with Crippen molar-refractivity contribution in [2.24, 2.45) is 5.18 Å². The van der Waals surface area contributed by atoms with E-state index in [1.54, 1.807) is 7.11 Å². The van der Waals surface area contributed by atoms with Gasteiger partial charge in [0.2, 0.25) is 5.50 Å². The summed E-state index contributed by atoms with van der Waals surface area (Å²) in [4.78, 5) is 18.6. The molecule has 1 unspecified atom stereocenters. The number of nitrogens with zero attached hydrogens (tertiary/aromatic N) is 3. The summed E-state index contributed by atoms with van der Waals surface area (Å²) in [6.45, 7) is 0.526. The second-order valence-corrected chi connectivity index (χ2v) is 4.35. The number of methoxy groups -OCH3 is 1. The number of hydrogen-bond donors (Lipinski definition) is 1. The molecule has 0 saturated heterocycles. The highest BCUT2D eigenvalue weighted by atomic mass is 35.5. The van der Waals surface area contributed by atoms with Crippen molar-refractivity contribution in [3.8, 4) is 5.75 Å². The van der Waals surface area contributed by atoms with Gasteiger partial charge in [-0.3, -0.25) is 4.98 Å². The maximum atomic E-state index is 10.5. The molecular weight excluding hydrogens is 280 g/mol. The van der Waals surface area contributed by atoms with Crippen LogP contribution in [0.2, 0.25) is 0 Å². The molecule has 20 heavy (non-hydrogen) atoms. The fourth-order valence-electron chi connectivity index (χ4n) is 1.64. The average molecular weight is 293 g/mol. The zero-order valence-electron chi connectivity index (χ0n) is 10.8. The minimum Gasteiger partial charge on any atom is -0.497 e. The fraction of sp³-hybridized carbons (Fsp3) is 0.231. The lowest BCUT2D eigenvalue weighted by molar-refractivity contribution is 0.414. The highest BCUT2D eigenvalue weighted by Gasteiger charge is 2.15. The molecule has 1 N–H and O–H groups in total. The summed E-state index contributed by atoms with van der Waals surface area (Å²) in [7, 11) is 1.62. The quantitative estimate of drug-likeness (QED) is 0.503. The normalized spacial score (nSPS) is 11.7. The van der Waals surface area contributed by atoms with Gasteiger partial charge in [-0.2, -0.15) is 0 Å². The van der Waals surface area contributed by atoms with Crippen LogP contribution in [-0.4, -0.2) is 17.1 Å². The largest absolute Gasteiger partial charge is 0.497 e. The summed E-state index contributed by atoms with van der Waals surface area (Å²) in [5.41, 5.74) is 0.298. The zero-order chi connectivity index (χ0) is 14.4. The van der Waals surface area contributed by atoms with Crippen LogP contribution in [0.15, 0.2) is 41.8 Å². The Hall–Kier alpha value is -2.21. The molecule has 2 aromatic rings. The van der Waals surface area contributed by atoms with Crippen molar-refractivity contribution in [3.05, 3.63) is 52.8 Å². The van der Waals surface area contributed by atoms with Crippen LogP contribution < -0.4 is 10.1 Å². The van der Waals surface area contributed by atoms with E-state index in [0.717, 1.165) is 11.3 Å². The van der Waals surface area contributed by atoms with Crippen LogP contribution in [0, 0.1) is 4.91 Å². The molecule has 0 aliphatic heterocycles. The maximum Gasteiger partial charge on any atom is 0.210 e. The first kappa shape index (κ1) is 14.2. The minimum absolute atomic E-state index is 0.317. The molecule has 6 nitrogen and oxygen atoms in total. The van der Waals surface area contributed by atoms with Gasteiger partial charge in [0.15, 0.2) is 5.82 Å². The molecule has 1 aromatic heterocycles. The van der Waals surface area contributed by atoms with Crippen molar-refractivity contribution < 1.29 is 4.74 Å². The Morgan fingerprint density at radius 1 is 1.30 bits per heavy atom. The Labute approximate surface area is 121 Å². The van der Waals surface area contributed by atoms with Gasteiger partial charge in [-0.05, 0) is 22.9 Å². The molecule has 0 aliphatic rings. The first-order valence-corrected chi connectivity index (χ1v) is 6.32. The van der Waals surface area contributed by atoms with Crippen molar-refractivity contribution >= 4 is 17.4 Å². The van der Waals surface area contributed by atoms with E-state index < -0.39 is 5.50 Å². The van der Waals surface area contributed by atoms with Gasteiger partial charge in [-0.1, -0.05) is 23.7 Å². The standard InChI is InChI=1S/C13H13ClN4O2/c1-20-10-4-2-9(3-5-10)8-17-13-11(12(14)18-19)15-6-7-16-13/h2-7,12H,8H2,1H3,(H,16,17).